The fraction of sp³-hybridized carbons (Fsp3) is 0.278. The van der Waals surface area contributed by atoms with Gasteiger partial charge in [-0.1, -0.05) is 13.8 Å². The summed E-state index contributed by atoms with van der Waals surface area (Å²) in [6, 6.07) is 6.34. The van der Waals surface area contributed by atoms with E-state index in [0.717, 1.165) is 6.07 Å². The van der Waals surface area contributed by atoms with Crippen molar-refractivity contribution in [1.82, 2.24) is 4.57 Å². The highest BCUT2D eigenvalue weighted by Crippen LogP contribution is 2.35. The van der Waals surface area contributed by atoms with Crippen molar-refractivity contribution < 1.29 is 19.1 Å². The zero-order chi connectivity index (χ0) is 17.6. The van der Waals surface area contributed by atoms with Crippen LogP contribution in [0, 0.1) is 11.2 Å². The molecule has 0 saturated heterocycles. The first-order chi connectivity index (χ1) is 11.2. The maximum Gasteiger partial charge on any atom is 0.341 e. The molecule has 1 N–H and O–H groups in total. The smallest absolute Gasteiger partial charge is 0.341 e. The van der Waals surface area contributed by atoms with E-state index < -0.39 is 22.9 Å². The minimum absolute atomic E-state index is 0.195. The number of rotatable bonds is 2. The summed E-state index contributed by atoms with van der Waals surface area (Å²) in [5.41, 5.74) is -0.479. The molecule has 1 aliphatic rings. The number of carbonyl (C=O) groups excluding carboxylic acids is 1. The zero-order valence-corrected chi connectivity index (χ0v) is 13.3. The molecular weight excluding hydrogens is 313 g/mol. The summed E-state index contributed by atoms with van der Waals surface area (Å²) >= 11 is 0. The van der Waals surface area contributed by atoms with E-state index in [2.05, 4.69) is 0 Å². The Morgan fingerprint density at radius 3 is 2.38 bits per heavy atom. The van der Waals surface area contributed by atoms with Gasteiger partial charge in [-0.3, -0.25) is 14.2 Å². The number of Topliss-reactive ketones (excluding diaryl/α,β-unsaturated/α-hetero) is 1. The van der Waals surface area contributed by atoms with Crippen molar-refractivity contribution >= 4 is 11.8 Å². The molecule has 0 aliphatic heterocycles. The number of halogens is 1. The van der Waals surface area contributed by atoms with Gasteiger partial charge in [0.1, 0.15) is 11.4 Å². The number of ketones is 1. The number of fused-ring (bicyclic) bond motifs is 1. The van der Waals surface area contributed by atoms with E-state index in [1.807, 2.05) is 13.8 Å². The third-order valence-electron chi connectivity index (χ3n) is 4.20. The molecule has 3 rings (SSSR count). The molecule has 2 aromatic rings. The number of pyridine rings is 1. The number of nitrogens with zero attached hydrogens (tertiary/aromatic N) is 1. The van der Waals surface area contributed by atoms with E-state index in [4.69, 9.17) is 0 Å². The van der Waals surface area contributed by atoms with Crippen LogP contribution in [0.1, 0.15) is 46.7 Å². The first-order valence-corrected chi connectivity index (χ1v) is 7.51. The van der Waals surface area contributed by atoms with E-state index >= 15 is 0 Å². The van der Waals surface area contributed by atoms with Gasteiger partial charge in [0.25, 0.3) is 5.56 Å². The van der Waals surface area contributed by atoms with Crippen LogP contribution in [0.4, 0.5) is 4.39 Å². The van der Waals surface area contributed by atoms with Gasteiger partial charge in [-0.25, -0.2) is 9.18 Å². The van der Waals surface area contributed by atoms with Gasteiger partial charge in [-0.05, 0) is 42.2 Å². The number of aromatic carboxylic acids is 1. The van der Waals surface area contributed by atoms with Gasteiger partial charge in [0.05, 0.1) is 0 Å². The van der Waals surface area contributed by atoms with Crippen LogP contribution in [0.15, 0.2) is 35.1 Å². The molecule has 0 spiro atoms. The number of hydrogen-bond donors (Lipinski definition) is 1. The maximum atomic E-state index is 13.2. The highest BCUT2D eigenvalue weighted by atomic mass is 19.1. The largest absolute Gasteiger partial charge is 0.477 e. The Balaban J connectivity index is 2.38. The first-order valence-electron chi connectivity index (χ1n) is 7.51. The summed E-state index contributed by atoms with van der Waals surface area (Å²) in [6.45, 7) is 3.83. The summed E-state index contributed by atoms with van der Waals surface area (Å²) in [5.74, 6) is -2.05. The average molecular weight is 329 g/mol. The minimum Gasteiger partial charge on any atom is -0.477 e. The molecule has 24 heavy (non-hydrogen) atoms. The highest BCUT2D eigenvalue weighted by Gasteiger charge is 2.34. The van der Waals surface area contributed by atoms with Crippen LogP contribution in [0.5, 0.6) is 0 Å². The van der Waals surface area contributed by atoms with Crippen LogP contribution in [0.3, 0.4) is 0 Å². The van der Waals surface area contributed by atoms with Gasteiger partial charge >= 0.3 is 5.97 Å². The van der Waals surface area contributed by atoms with Crippen molar-refractivity contribution in [3.63, 3.8) is 0 Å². The molecule has 0 atom stereocenters. The predicted octanol–water partition coefficient (Wildman–Crippen LogP) is 2.83. The lowest BCUT2D eigenvalue weighted by molar-refractivity contribution is 0.0694. The summed E-state index contributed by atoms with van der Waals surface area (Å²) in [5, 5.41) is 9.29. The molecule has 0 fully saturated rings. The molecule has 0 saturated carbocycles. The Labute approximate surface area is 137 Å². The standard InChI is InChI=1S/C18H16FNO4/c1-18(2)8-14-12(15(21)9-18)7-13(17(23)24)16(22)20(14)11-5-3-10(19)4-6-11/h3-7H,8-9H2,1-2H3,(H,23,24). The quantitative estimate of drug-likeness (QED) is 0.919. The second-order valence-corrected chi connectivity index (χ2v) is 6.78. The lowest BCUT2D eigenvalue weighted by Crippen LogP contribution is -2.36. The molecule has 0 unspecified atom stereocenters. The topological polar surface area (TPSA) is 76.4 Å². The number of aromatic nitrogens is 1. The maximum absolute atomic E-state index is 13.2. The number of carboxylic acids is 1. The summed E-state index contributed by atoms with van der Waals surface area (Å²) in [4.78, 5) is 36.5. The lowest BCUT2D eigenvalue weighted by Gasteiger charge is -2.32. The Morgan fingerprint density at radius 2 is 1.79 bits per heavy atom. The van der Waals surface area contributed by atoms with Crippen LogP contribution in [0.25, 0.3) is 5.69 Å². The van der Waals surface area contributed by atoms with Gasteiger partial charge in [-0.2, -0.15) is 0 Å². The SMILES string of the molecule is CC1(C)CC(=O)c2cc(C(=O)O)c(=O)n(-c3ccc(F)cc3)c2C1. The number of carbonyl (C=O) groups is 2. The van der Waals surface area contributed by atoms with Crippen LogP contribution in [-0.4, -0.2) is 21.4 Å². The molecule has 0 radical (unpaired) electrons. The van der Waals surface area contributed by atoms with Crippen molar-refractivity contribution in [1.29, 1.82) is 0 Å². The Bertz CT molecular complexity index is 910. The van der Waals surface area contributed by atoms with Crippen molar-refractivity contribution in [2.24, 2.45) is 5.41 Å². The third kappa shape index (κ3) is 2.64. The Hall–Kier alpha value is -2.76. The minimum atomic E-state index is -1.39. The van der Waals surface area contributed by atoms with E-state index in [1.165, 1.54) is 28.8 Å². The zero-order valence-electron chi connectivity index (χ0n) is 13.3. The Morgan fingerprint density at radius 1 is 1.17 bits per heavy atom. The molecule has 1 aliphatic carbocycles. The second kappa shape index (κ2) is 5.40. The van der Waals surface area contributed by atoms with Crippen molar-refractivity contribution in [2.75, 3.05) is 0 Å². The molecule has 1 heterocycles. The van der Waals surface area contributed by atoms with Crippen molar-refractivity contribution in [3.05, 3.63) is 63.3 Å². The monoisotopic (exact) mass is 329 g/mol. The predicted molar refractivity (Wildman–Crippen MR) is 85.4 cm³/mol. The summed E-state index contributed by atoms with van der Waals surface area (Å²) in [7, 11) is 0. The lowest BCUT2D eigenvalue weighted by atomic mass is 9.75. The van der Waals surface area contributed by atoms with Crippen molar-refractivity contribution in [2.45, 2.75) is 26.7 Å². The van der Waals surface area contributed by atoms with Crippen LogP contribution < -0.4 is 5.56 Å². The normalized spacial score (nSPS) is 15.9. The van der Waals surface area contributed by atoms with Crippen molar-refractivity contribution in [3.8, 4) is 5.69 Å². The van der Waals surface area contributed by atoms with Gasteiger partial charge in [0.2, 0.25) is 0 Å². The molecule has 5 nitrogen and oxygen atoms in total. The van der Waals surface area contributed by atoms with Gasteiger partial charge in [0, 0.05) is 23.4 Å². The molecular formula is C18H16FNO4. The average Bonchev–Trinajstić information content (AvgIpc) is 2.47. The van der Waals surface area contributed by atoms with Gasteiger partial charge in [0.15, 0.2) is 5.78 Å². The van der Waals surface area contributed by atoms with E-state index in [9.17, 15) is 23.9 Å². The molecule has 124 valence electrons. The number of hydrogen-bond acceptors (Lipinski definition) is 3. The Kier molecular flexibility index (Phi) is 3.63. The molecule has 0 amide bonds. The molecule has 6 heteroatoms. The first kappa shape index (κ1) is 16.1. The van der Waals surface area contributed by atoms with Gasteiger partial charge in [-0.15, -0.1) is 0 Å². The summed E-state index contributed by atoms with van der Waals surface area (Å²) in [6.07, 6.45) is 0.723. The number of carboxylic acid groups (broad SMARTS) is 1. The van der Waals surface area contributed by atoms with Crippen LogP contribution >= 0.6 is 0 Å². The van der Waals surface area contributed by atoms with Crippen LogP contribution in [-0.2, 0) is 6.42 Å². The fourth-order valence-electron chi connectivity index (χ4n) is 3.13. The highest BCUT2D eigenvalue weighted by molar-refractivity contribution is 6.01. The fourth-order valence-corrected chi connectivity index (χ4v) is 3.13. The molecule has 0 bridgehead atoms. The second-order valence-electron chi connectivity index (χ2n) is 6.78. The third-order valence-corrected chi connectivity index (χ3v) is 4.20. The molecule has 1 aromatic carbocycles. The molecule has 1 aromatic heterocycles. The number of benzene rings is 1. The van der Waals surface area contributed by atoms with E-state index in [-0.39, 0.29) is 23.2 Å². The van der Waals surface area contributed by atoms with E-state index in [0.29, 0.717) is 17.8 Å². The summed E-state index contributed by atoms with van der Waals surface area (Å²) < 4.78 is 14.4. The van der Waals surface area contributed by atoms with E-state index in [1.54, 1.807) is 0 Å². The van der Waals surface area contributed by atoms with Crippen LogP contribution in [0.2, 0.25) is 0 Å². The van der Waals surface area contributed by atoms with Gasteiger partial charge < -0.3 is 5.11 Å².